The topological polar surface area (TPSA) is 41.1 Å². The molecule has 0 saturated heterocycles. The number of carbonyl (C=O) groups excluding carboxylic acids is 1. The van der Waals surface area contributed by atoms with Gasteiger partial charge in [0.25, 0.3) is 0 Å². The van der Waals surface area contributed by atoms with Gasteiger partial charge in [-0.05, 0) is 48.9 Å². The minimum Gasteiger partial charge on any atom is -0.376 e. The van der Waals surface area contributed by atoms with Gasteiger partial charge in [-0.15, -0.1) is 0 Å². The normalized spacial score (nSPS) is 10.3. The number of aryl methyl sites for hydroxylation is 1. The summed E-state index contributed by atoms with van der Waals surface area (Å²) in [7, 11) is 0. The molecule has 0 bridgehead atoms. The van der Waals surface area contributed by atoms with Crippen molar-refractivity contribution in [3.63, 3.8) is 0 Å². The van der Waals surface area contributed by atoms with Crippen molar-refractivity contribution in [2.75, 3.05) is 17.2 Å². The summed E-state index contributed by atoms with van der Waals surface area (Å²) < 4.78 is 27.1. The highest BCUT2D eigenvalue weighted by molar-refractivity contribution is 9.10. The molecule has 0 aliphatic carbocycles. The Morgan fingerprint density at radius 2 is 1.86 bits per heavy atom. The second-order valence-corrected chi connectivity index (χ2v) is 5.40. The second-order valence-electron chi connectivity index (χ2n) is 4.49. The zero-order valence-corrected chi connectivity index (χ0v) is 12.8. The molecule has 2 rings (SSSR count). The lowest BCUT2D eigenvalue weighted by molar-refractivity contribution is -0.114. The lowest BCUT2D eigenvalue weighted by Crippen LogP contribution is -2.22. The molecule has 110 valence electrons. The Balaban J connectivity index is 1.96. The van der Waals surface area contributed by atoms with Gasteiger partial charge in [-0.25, -0.2) is 8.78 Å². The number of hydrogen-bond donors (Lipinski definition) is 2. The molecule has 0 unspecified atom stereocenters. The van der Waals surface area contributed by atoms with Crippen molar-refractivity contribution in [3.8, 4) is 0 Å². The van der Waals surface area contributed by atoms with Gasteiger partial charge < -0.3 is 10.6 Å². The Morgan fingerprint density at radius 1 is 1.14 bits per heavy atom. The van der Waals surface area contributed by atoms with Crippen LogP contribution in [0, 0.1) is 18.6 Å². The van der Waals surface area contributed by atoms with Crippen LogP contribution >= 0.6 is 15.9 Å². The highest BCUT2D eigenvalue weighted by Crippen LogP contribution is 2.19. The summed E-state index contributed by atoms with van der Waals surface area (Å²) in [4.78, 5) is 11.8. The van der Waals surface area contributed by atoms with E-state index in [0.29, 0.717) is 15.7 Å². The molecule has 2 N–H and O–H groups in total. The lowest BCUT2D eigenvalue weighted by Gasteiger charge is -2.10. The smallest absolute Gasteiger partial charge is 0.243 e. The Morgan fingerprint density at radius 3 is 2.52 bits per heavy atom. The first-order chi connectivity index (χ1) is 9.95. The maximum absolute atomic E-state index is 13.6. The Hall–Kier alpha value is -1.95. The zero-order chi connectivity index (χ0) is 15.4. The molecule has 0 aliphatic rings. The average Bonchev–Trinajstić information content (AvgIpc) is 2.41. The van der Waals surface area contributed by atoms with Crippen molar-refractivity contribution in [3.05, 3.63) is 58.1 Å². The first kappa shape index (κ1) is 15.4. The molecule has 21 heavy (non-hydrogen) atoms. The fourth-order valence-corrected chi connectivity index (χ4v) is 2.12. The molecule has 1 amide bonds. The van der Waals surface area contributed by atoms with Gasteiger partial charge in [0.1, 0.15) is 11.6 Å². The van der Waals surface area contributed by atoms with E-state index < -0.39 is 5.82 Å². The van der Waals surface area contributed by atoms with Crippen molar-refractivity contribution in [2.24, 2.45) is 0 Å². The van der Waals surface area contributed by atoms with Crippen molar-refractivity contribution in [2.45, 2.75) is 6.92 Å². The van der Waals surface area contributed by atoms with Crippen molar-refractivity contribution in [1.82, 2.24) is 0 Å². The fraction of sp³-hybridized carbons (Fsp3) is 0.133. The predicted octanol–water partition coefficient (Wildman–Crippen LogP) is 4.09. The molecule has 0 saturated carbocycles. The van der Waals surface area contributed by atoms with Gasteiger partial charge in [-0.1, -0.05) is 15.9 Å². The van der Waals surface area contributed by atoms with Crippen LogP contribution in [0.4, 0.5) is 20.2 Å². The maximum atomic E-state index is 13.6. The number of rotatable bonds is 4. The zero-order valence-electron chi connectivity index (χ0n) is 11.2. The van der Waals surface area contributed by atoms with E-state index in [-0.39, 0.29) is 24.0 Å². The average molecular weight is 355 g/mol. The van der Waals surface area contributed by atoms with Gasteiger partial charge in [0.05, 0.1) is 12.2 Å². The number of hydrogen-bond acceptors (Lipinski definition) is 2. The third kappa shape index (κ3) is 4.26. The van der Waals surface area contributed by atoms with Gasteiger partial charge in [0, 0.05) is 10.2 Å². The molecule has 3 nitrogen and oxygen atoms in total. The molecule has 6 heteroatoms. The standard InChI is InChI=1S/C15H13BrF2N2O/c1-9-6-11(17)3-5-13(9)19-8-15(21)20-14-4-2-10(16)7-12(14)18/h2-7,19H,8H2,1H3,(H,20,21). The molecule has 0 heterocycles. The molecule has 0 fully saturated rings. The van der Waals surface area contributed by atoms with Gasteiger partial charge in [-0.3, -0.25) is 4.79 Å². The molecule has 0 spiro atoms. The molecular weight excluding hydrogens is 342 g/mol. The third-order valence-corrected chi connectivity index (χ3v) is 3.33. The van der Waals surface area contributed by atoms with Crippen LogP contribution in [0.1, 0.15) is 5.56 Å². The van der Waals surface area contributed by atoms with Crippen LogP contribution in [-0.2, 0) is 4.79 Å². The summed E-state index contributed by atoms with van der Waals surface area (Å²) >= 11 is 3.14. The van der Waals surface area contributed by atoms with E-state index in [2.05, 4.69) is 26.6 Å². The van der Waals surface area contributed by atoms with Gasteiger partial charge >= 0.3 is 0 Å². The summed E-state index contributed by atoms with van der Waals surface area (Å²) in [5.41, 5.74) is 1.46. The molecule has 0 aliphatic heterocycles. The van der Waals surface area contributed by atoms with Crippen LogP contribution in [0.25, 0.3) is 0 Å². The first-order valence-electron chi connectivity index (χ1n) is 6.20. The Labute approximate surface area is 129 Å². The van der Waals surface area contributed by atoms with E-state index in [0.717, 1.165) is 0 Å². The van der Waals surface area contributed by atoms with Crippen LogP contribution in [0.3, 0.4) is 0 Å². The van der Waals surface area contributed by atoms with E-state index in [4.69, 9.17) is 0 Å². The first-order valence-corrected chi connectivity index (χ1v) is 7.00. The minimum atomic E-state index is -0.518. The highest BCUT2D eigenvalue weighted by atomic mass is 79.9. The van der Waals surface area contributed by atoms with E-state index in [1.54, 1.807) is 19.1 Å². The van der Waals surface area contributed by atoms with E-state index in [9.17, 15) is 13.6 Å². The SMILES string of the molecule is Cc1cc(F)ccc1NCC(=O)Nc1ccc(Br)cc1F. The van der Waals surface area contributed by atoms with E-state index >= 15 is 0 Å². The van der Waals surface area contributed by atoms with E-state index in [1.165, 1.54) is 24.3 Å². The molecule has 2 aromatic rings. The molecule has 0 aromatic heterocycles. The summed E-state index contributed by atoms with van der Waals surface area (Å²) in [6, 6.07) is 8.61. The minimum absolute atomic E-state index is 0.0397. The van der Waals surface area contributed by atoms with Crippen molar-refractivity contribution >= 4 is 33.2 Å². The summed E-state index contributed by atoms with van der Waals surface area (Å²) in [5.74, 6) is -1.24. The predicted molar refractivity (Wildman–Crippen MR) is 82.4 cm³/mol. The molecule has 0 atom stereocenters. The fourth-order valence-electron chi connectivity index (χ4n) is 1.79. The number of benzene rings is 2. The number of amides is 1. The largest absolute Gasteiger partial charge is 0.376 e. The van der Waals surface area contributed by atoms with Gasteiger partial charge in [-0.2, -0.15) is 0 Å². The van der Waals surface area contributed by atoms with Crippen LogP contribution in [-0.4, -0.2) is 12.5 Å². The number of nitrogens with one attached hydrogen (secondary N) is 2. The van der Waals surface area contributed by atoms with Gasteiger partial charge in [0.15, 0.2) is 0 Å². The highest BCUT2D eigenvalue weighted by Gasteiger charge is 2.08. The van der Waals surface area contributed by atoms with Crippen molar-refractivity contribution < 1.29 is 13.6 Å². The van der Waals surface area contributed by atoms with Crippen LogP contribution in [0.15, 0.2) is 40.9 Å². The Bertz CT molecular complexity index is 677. The number of carbonyl (C=O) groups is 1. The van der Waals surface area contributed by atoms with Crippen LogP contribution in [0.5, 0.6) is 0 Å². The maximum Gasteiger partial charge on any atom is 0.243 e. The molecule has 2 aromatic carbocycles. The second kappa shape index (κ2) is 6.67. The van der Waals surface area contributed by atoms with Crippen LogP contribution in [0.2, 0.25) is 0 Å². The van der Waals surface area contributed by atoms with Gasteiger partial charge in [0.2, 0.25) is 5.91 Å². The lowest BCUT2D eigenvalue weighted by atomic mass is 10.2. The summed E-state index contributed by atoms with van der Waals surface area (Å²) in [5, 5.41) is 5.35. The van der Waals surface area contributed by atoms with Crippen LogP contribution < -0.4 is 10.6 Å². The molecule has 0 radical (unpaired) electrons. The quantitative estimate of drug-likeness (QED) is 0.868. The number of halogens is 3. The van der Waals surface area contributed by atoms with E-state index in [1.807, 2.05) is 0 Å². The summed E-state index contributed by atoms with van der Waals surface area (Å²) in [6.45, 7) is 1.69. The monoisotopic (exact) mass is 354 g/mol. The number of anilines is 2. The third-order valence-electron chi connectivity index (χ3n) is 2.83. The molecular formula is C15H13BrF2N2O. The van der Waals surface area contributed by atoms with Crippen molar-refractivity contribution in [1.29, 1.82) is 0 Å². The summed E-state index contributed by atoms with van der Waals surface area (Å²) in [6.07, 6.45) is 0. The Kier molecular flexibility index (Phi) is 4.90.